The molecule has 6 nitrogen and oxygen atoms in total. The van der Waals surface area contributed by atoms with Crippen molar-refractivity contribution < 1.29 is 9.18 Å². The van der Waals surface area contributed by atoms with Crippen LogP contribution in [0.15, 0.2) is 47.6 Å². The number of halogens is 1. The van der Waals surface area contributed by atoms with Crippen LogP contribution in [0.25, 0.3) is 5.57 Å². The largest absolute Gasteiger partial charge is 0.404 e. The third-order valence-electron chi connectivity index (χ3n) is 4.24. The summed E-state index contributed by atoms with van der Waals surface area (Å²) in [6.07, 6.45) is 3.33. The summed E-state index contributed by atoms with van der Waals surface area (Å²) in [4.78, 5) is 15.8. The molecule has 0 saturated carbocycles. The number of anilines is 4. The predicted octanol–water partition coefficient (Wildman–Crippen LogP) is 3.71. The van der Waals surface area contributed by atoms with E-state index in [1.165, 1.54) is 12.3 Å². The highest BCUT2D eigenvalue weighted by Crippen LogP contribution is 2.36. The van der Waals surface area contributed by atoms with E-state index in [-0.39, 0.29) is 11.9 Å². The number of hydrogen-bond donors (Lipinski definition) is 4. The minimum absolute atomic E-state index is 0.0352. The smallest absolute Gasteiger partial charge is 0.226 e. The Kier molecular flexibility index (Phi) is 5.40. The number of hydrogen-bond acceptors (Lipinski definition) is 5. The molecule has 0 unspecified atom stereocenters. The van der Waals surface area contributed by atoms with Gasteiger partial charge in [-0.1, -0.05) is 12.1 Å². The van der Waals surface area contributed by atoms with Crippen LogP contribution in [0.3, 0.4) is 0 Å². The average Bonchev–Trinajstić information content (AvgIpc) is 2.78. The van der Waals surface area contributed by atoms with Crippen LogP contribution in [0.5, 0.6) is 0 Å². The maximum atomic E-state index is 14.7. The summed E-state index contributed by atoms with van der Waals surface area (Å²) in [6, 6.07) is 10.2. The molecule has 27 heavy (non-hydrogen) atoms. The summed E-state index contributed by atoms with van der Waals surface area (Å²) in [6.45, 7) is 1.93. The number of fused-ring (bicyclic) bond motifs is 1. The highest BCUT2D eigenvalue weighted by atomic mass is 19.1. The van der Waals surface area contributed by atoms with E-state index in [1.54, 1.807) is 31.5 Å². The third-order valence-corrected chi connectivity index (χ3v) is 4.24. The molecular weight excluding hydrogens is 345 g/mol. The highest BCUT2D eigenvalue weighted by molar-refractivity contribution is 6.09. The van der Waals surface area contributed by atoms with Gasteiger partial charge in [-0.05, 0) is 36.8 Å². The van der Waals surface area contributed by atoms with Crippen LogP contribution in [0.2, 0.25) is 0 Å². The maximum Gasteiger partial charge on any atom is 0.226 e. The number of nitrogens with zero attached hydrogens (tertiary/aromatic N) is 1. The van der Waals surface area contributed by atoms with Crippen LogP contribution in [0, 0.1) is 5.82 Å². The molecule has 2 aromatic rings. The fourth-order valence-corrected chi connectivity index (χ4v) is 2.99. The van der Waals surface area contributed by atoms with Crippen molar-refractivity contribution in [2.45, 2.75) is 19.4 Å². The lowest BCUT2D eigenvalue weighted by Gasteiger charge is -2.18. The summed E-state index contributed by atoms with van der Waals surface area (Å²) in [7, 11) is 1.63. The van der Waals surface area contributed by atoms with Gasteiger partial charge < -0.3 is 21.7 Å². The van der Waals surface area contributed by atoms with Gasteiger partial charge in [-0.3, -0.25) is 9.79 Å². The molecule has 1 heterocycles. The number of allylic oxidation sites excluding steroid dienone is 1. The van der Waals surface area contributed by atoms with Crippen LogP contribution in [-0.2, 0) is 4.79 Å². The van der Waals surface area contributed by atoms with Gasteiger partial charge in [0, 0.05) is 37.5 Å². The monoisotopic (exact) mass is 367 g/mol. The normalized spacial score (nSPS) is 17.1. The summed E-state index contributed by atoms with van der Waals surface area (Å²) < 4.78 is 14.7. The fourth-order valence-electron chi connectivity index (χ4n) is 2.99. The number of nitrogens with two attached hydrogens (primary N) is 1. The van der Waals surface area contributed by atoms with E-state index in [2.05, 4.69) is 20.9 Å². The molecule has 0 spiro atoms. The summed E-state index contributed by atoms with van der Waals surface area (Å²) in [5, 5.41) is 9.28. The van der Waals surface area contributed by atoms with Crippen LogP contribution in [-0.4, -0.2) is 25.2 Å². The first kappa shape index (κ1) is 18.4. The van der Waals surface area contributed by atoms with Crippen molar-refractivity contribution in [1.82, 2.24) is 0 Å². The minimum atomic E-state index is -0.417. The average molecular weight is 367 g/mol. The number of benzene rings is 2. The van der Waals surface area contributed by atoms with Crippen molar-refractivity contribution in [3.05, 3.63) is 54.0 Å². The van der Waals surface area contributed by atoms with Crippen LogP contribution < -0.4 is 21.7 Å². The van der Waals surface area contributed by atoms with Crippen LogP contribution >= 0.6 is 0 Å². The topological polar surface area (TPSA) is 91.5 Å². The molecule has 140 valence electrons. The van der Waals surface area contributed by atoms with Crippen molar-refractivity contribution >= 4 is 40.4 Å². The van der Waals surface area contributed by atoms with Crippen LogP contribution in [0.1, 0.15) is 18.9 Å². The molecule has 7 heteroatoms. The first-order chi connectivity index (χ1) is 13.0. The second-order valence-electron chi connectivity index (χ2n) is 6.35. The number of rotatable bonds is 4. The van der Waals surface area contributed by atoms with Crippen molar-refractivity contribution in [3.63, 3.8) is 0 Å². The van der Waals surface area contributed by atoms with Crippen molar-refractivity contribution in [1.29, 1.82) is 0 Å². The van der Waals surface area contributed by atoms with Crippen molar-refractivity contribution in [2.75, 3.05) is 23.0 Å². The van der Waals surface area contributed by atoms with Gasteiger partial charge >= 0.3 is 0 Å². The van der Waals surface area contributed by atoms with Crippen molar-refractivity contribution in [2.24, 2.45) is 10.7 Å². The van der Waals surface area contributed by atoms with E-state index in [0.717, 1.165) is 5.69 Å². The predicted molar refractivity (Wildman–Crippen MR) is 109 cm³/mol. The Balaban J connectivity index is 1.93. The first-order valence-corrected chi connectivity index (χ1v) is 8.62. The Bertz CT molecular complexity index is 923. The molecule has 0 aromatic heterocycles. The molecule has 1 amide bonds. The Morgan fingerprint density at radius 3 is 2.85 bits per heavy atom. The van der Waals surface area contributed by atoms with Gasteiger partial charge in [-0.15, -0.1) is 0 Å². The summed E-state index contributed by atoms with van der Waals surface area (Å²) in [5.41, 5.74) is 9.26. The molecule has 1 atom stereocenters. The summed E-state index contributed by atoms with van der Waals surface area (Å²) >= 11 is 0. The number of nitrogens with one attached hydrogen (secondary N) is 3. The standard InChI is InChI=1S/C20H22FN5O/c1-12-8-19(27)26-18-5-3-4-17(20(18)24-12)25-16-7-6-13(9-15(16)21)14(10-22)11-23-2/h3-7,9-12,24-25H,8,22H2,1-2H3,(H,26,27)/b14-10+,23-11?/t12-/m1/s1. The van der Waals surface area contributed by atoms with E-state index in [9.17, 15) is 9.18 Å². The lowest BCUT2D eigenvalue weighted by Crippen LogP contribution is -2.19. The molecule has 0 radical (unpaired) electrons. The minimum Gasteiger partial charge on any atom is -0.404 e. The zero-order valence-corrected chi connectivity index (χ0v) is 15.2. The van der Waals surface area contributed by atoms with Gasteiger partial charge in [0.05, 0.1) is 22.7 Å². The first-order valence-electron chi connectivity index (χ1n) is 8.62. The molecule has 1 aliphatic heterocycles. The molecule has 0 saturated heterocycles. The number of amides is 1. The maximum absolute atomic E-state index is 14.7. The van der Waals surface area contributed by atoms with Crippen LogP contribution in [0.4, 0.5) is 27.1 Å². The summed E-state index contributed by atoms with van der Waals surface area (Å²) in [5.74, 6) is -0.472. The Labute approximate surface area is 157 Å². The van der Waals surface area contributed by atoms with Gasteiger partial charge in [0.15, 0.2) is 0 Å². The lowest BCUT2D eigenvalue weighted by molar-refractivity contribution is -0.116. The van der Waals surface area contributed by atoms with E-state index < -0.39 is 5.82 Å². The van der Waals surface area contributed by atoms with E-state index in [4.69, 9.17) is 5.73 Å². The Hall–Kier alpha value is -3.35. The quantitative estimate of drug-likeness (QED) is 0.620. The lowest BCUT2D eigenvalue weighted by atomic mass is 10.1. The molecule has 0 fully saturated rings. The zero-order valence-electron chi connectivity index (χ0n) is 15.2. The Morgan fingerprint density at radius 2 is 2.15 bits per heavy atom. The number of carbonyl (C=O) groups is 1. The van der Waals surface area contributed by atoms with E-state index in [1.807, 2.05) is 19.1 Å². The second kappa shape index (κ2) is 7.90. The highest BCUT2D eigenvalue weighted by Gasteiger charge is 2.20. The number of para-hydroxylation sites is 1. The van der Waals surface area contributed by atoms with Crippen molar-refractivity contribution in [3.8, 4) is 0 Å². The third kappa shape index (κ3) is 4.08. The van der Waals surface area contributed by atoms with E-state index >= 15 is 0 Å². The molecule has 0 bridgehead atoms. The molecule has 5 N–H and O–H groups in total. The number of aliphatic imine (C=N–C) groups is 1. The fraction of sp³-hybridized carbons (Fsp3) is 0.200. The van der Waals surface area contributed by atoms with E-state index in [0.29, 0.717) is 34.6 Å². The SMILES string of the molecule is CN=C/C(=C\N)c1ccc(Nc2cccc3c2N[C@H](C)CC(=O)N3)c(F)c1. The Morgan fingerprint density at radius 1 is 1.33 bits per heavy atom. The second-order valence-corrected chi connectivity index (χ2v) is 6.35. The zero-order chi connectivity index (χ0) is 19.4. The molecular formula is C20H22FN5O. The van der Waals surface area contributed by atoms with Gasteiger partial charge in [0.1, 0.15) is 5.82 Å². The molecule has 0 aliphatic carbocycles. The van der Waals surface area contributed by atoms with Gasteiger partial charge in [0.25, 0.3) is 0 Å². The molecule has 1 aliphatic rings. The molecule has 3 rings (SSSR count). The van der Waals surface area contributed by atoms with Gasteiger partial charge in [-0.2, -0.15) is 0 Å². The molecule has 2 aromatic carbocycles. The van der Waals surface area contributed by atoms with Gasteiger partial charge in [0.2, 0.25) is 5.91 Å². The van der Waals surface area contributed by atoms with Gasteiger partial charge in [-0.25, -0.2) is 4.39 Å². The number of carbonyl (C=O) groups excluding carboxylic acids is 1.